The molecule has 0 atom stereocenters. The van der Waals surface area contributed by atoms with Crippen LogP contribution in [0, 0.1) is 0 Å². The molecule has 1 N–H and O–H groups in total. The molecule has 8 heteroatoms. The summed E-state index contributed by atoms with van der Waals surface area (Å²) >= 11 is 1.47. The summed E-state index contributed by atoms with van der Waals surface area (Å²) in [6.07, 6.45) is 4.27. The lowest BCUT2D eigenvalue weighted by Crippen LogP contribution is -2.09. The Balaban J connectivity index is 1.92. The summed E-state index contributed by atoms with van der Waals surface area (Å²) in [4.78, 5) is 16.4. The summed E-state index contributed by atoms with van der Waals surface area (Å²) in [5, 5.41) is 18.9. The number of carboxylic acid groups (broad SMARTS) is 1. The van der Waals surface area contributed by atoms with Gasteiger partial charge in [-0.05, 0) is 11.4 Å². The Morgan fingerprint density at radius 2 is 2.33 bits per heavy atom. The predicted octanol–water partition coefficient (Wildman–Crippen LogP) is 1.68. The smallest absolute Gasteiger partial charge is 0.358 e. The first-order chi connectivity index (χ1) is 10.2. The number of aromatic carboxylic acids is 1. The van der Waals surface area contributed by atoms with E-state index in [9.17, 15) is 9.90 Å². The molecule has 0 spiro atoms. The first kappa shape index (κ1) is 13.5. The number of aryl methyl sites for hydroxylation is 3. The van der Waals surface area contributed by atoms with E-state index in [1.165, 1.54) is 11.3 Å². The highest BCUT2D eigenvalue weighted by atomic mass is 32.1. The Kier molecular flexibility index (Phi) is 3.53. The number of aromatic nitrogens is 5. The second-order valence-electron chi connectivity index (χ2n) is 4.50. The zero-order valence-electron chi connectivity index (χ0n) is 11.3. The van der Waals surface area contributed by atoms with Crippen molar-refractivity contribution in [3.8, 4) is 10.6 Å². The van der Waals surface area contributed by atoms with Crippen molar-refractivity contribution in [2.45, 2.75) is 13.0 Å². The first-order valence-electron chi connectivity index (χ1n) is 6.33. The van der Waals surface area contributed by atoms with Crippen molar-refractivity contribution in [3.63, 3.8) is 0 Å². The fourth-order valence-corrected chi connectivity index (χ4v) is 2.89. The molecule has 0 radical (unpaired) electrons. The van der Waals surface area contributed by atoms with Gasteiger partial charge in [0.1, 0.15) is 11.5 Å². The summed E-state index contributed by atoms with van der Waals surface area (Å²) in [6, 6.07) is 3.74. The van der Waals surface area contributed by atoms with Crippen LogP contribution in [0.15, 0.2) is 29.9 Å². The van der Waals surface area contributed by atoms with E-state index in [-0.39, 0.29) is 5.69 Å². The molecule has 3 rings (SSSR count). The molecule has 0 bridgehead atoms. The molecule has 3 aromatic heterocycles. The van der Waals surface area contributed by atoms with E-state index in [2.05, 4.69) is 15.3 Å². The number of hydrogen-bond donors (Lipinski definition) is 1. The lowest BCUT2D eigenvalue weighted by molar-refractivity contribution is 0.0691. The highest BCUT2D eigenvalue weighted by Crippen LogP contribution is 2.27. The number of imidazole rings is 1. The fourth-order valence-electron chi connectivity index (χ4n) is 2.11. The quantitative estimate of drug-likeness (QED) is 0.775. The normalized spacial score (nSPS) is 10.9. The Morgan fingerprint density at radius 3 is 2.95 bits per heavy atom. The summed E-state index contributed by atoms with van der Waals surface area (Å²) in [7, 11) is 1.92. The van der Waals surface area contributed by atoms with Crippen LogP contribution < -0.4 is 0 Å². The Morgan fingerprint density at radius 1 is 1.48 bits per heavy atom. The number of nitrogens with zero attached hydrogens (tertiary/aromatic N) is 5. The maximum Gasteiger partial charge on any atom is 0.358 e. The van der Waals surface area contributed by atoms with Crippen LogP contribution in [0.25, 0.3) is 10.6 Å². The highest BCUT2D eigenvalue weighted by molar-refractivity contribution is 7.13. The number of carbonyl (C=O) groups is 1. The Labute approximate surface area is 124 Å². The van der Waals surface area contributed by atoms with Crippen LogP contribution in [0.3, 0.4) is 0 Å². The molecule has 0 saturated carbocycles. The third kappa shape index (κ3) is 2.57. The molecule has 0 aliphatic rings. The van der Waals surface area contributed by atoms with E-state index in [0.29, 0.717) is 18.7 Å². The number of carboxylic acids is 1. The number of thiophene rings is 1. The van der Waals surface area contributed by atoms with E-state index in [1.54, 1.807) is 10.9 Å². The van der Waals surface area contributed by atoms with Crippen LogP contribution in [0.5, 0.6) is 0 Å². The molecule has 0 aromatic carbocycles. The molecule has 0 amide bonds. The van der Waals surface area contributed by atoms with Gasteiger partial charge in [-0.1, -0.05) is 11.3 Å². The van der Waals surface area contributed by atoms with Crippen LogP contribution in [0.2, 0.25) is 0 Å². The van der Waals surface area contributed by atoms with Gasteiger partial charge in [0.15, 0.2) is 5.69 Å². The monoisotopic (exact) mass is 303 g/mol. The summed E-state index contributed by atoms with van der Waals surface area (Å²) in [6.45, 7) is 0.526. The van der Waals surface area contributed by atoms with Crippen molar-refractivity contribution in [1.82, 2.24) is 24.5 Å². The number of hydrogen-bond acceptors (Lipinski definition) is 5. The van der Waals surface area contributed by atoms with Gasteiger partial charge < -0.3 is 9.67 Å². The van der Waals surface area contributed by atoms with Crippen LogP contribution in [-0.4, -0.2) is 35.6 Å². The number of rotatable bonds is 5. The van der Waals surface area contributed by atoms with Crippen molar-refractivity contribution in [1.29, 1.82) is 0 Å². The molecule has 7 nitrogen and oxygen atoms in total. The topological polar surface area (TPSA) is 85.8 Å². The highest BCUT2D eigenvalue weighted by Gasteiger charge is 2.21. The second-order valence-corrected chi connectivity index (χ2v) is 5.44. The van der Waals surface area contributed by atoms with Gasteiger partial charge in [0.25, 0.3) is 0 Å². The average molecular weight is 303 g/mol. The Bertz CT molecular complexity index is 759. The molecule has 0 aliphatic carbocycles. The zero-order chi connectivity index (χ0) is 14.8. The molecule has 108 valence electrons. The molecule has 3 heterocycles. The van der Waals surface area contributed by atoms with E-state index in [4.69, 9.17) is 0 Å². The minimum atomic E-state index is -1.07. The third-order valence-corrected chi connectivity index (χ3v) is 4.04. The van der Waals surface area contributed by atoms with Gasteiger partial charge >= 0.3 is 5.97 Å². The molecule has 3 aromatic rings. The molecule has 0 saturated heterocycles. The van der Waals surface area contributed by atoms with Crippen LogP contribution >= 0.6 is 11.3 Å². The minimum absolute atomic E-state index is 0.0164. The summed E-state index contributed by atoms with van der Waals surface area (Å²) in [5.74, 6) is -0.152. The average Bonchev–Trinajstić information content (AvgIpc) is 3.16. The van der Waals surface area contributed by atoms with E-state index in [1.807, 2.05) is 35.3 Å². The molecule has 21 heavy (non-hydrogen) atoms. The largest absolute Gasteiger partial charge is 0.476 e. The van der Waals surface area contributed by atoms with E-state index in [0.717, 1.165) is 10.7 Å². The molecule has 0 fully saturated rings. The van der Waals surface area contributed by atoms with Gasteiger partial charge in [0.05, 0.1) is 11.4 Å². The van der Waals surface area contributed by atoms with Crippen LogP contribution in [0.4, 0.5) is 0 Å². The third-order valence-electron chi connectivity index (χ3n) is 3.16. The molecular weight excluding hydrogens is 290 g/mol. The van der Waals surface area contributed by atoms with E-state index >= 15 is 0 Å². The van der Waals surface area contributed by atoms with Gasteiger partial charge in [-0.2, -0.15) is 0 Å². The van der Waals surface area contributed by atoms with E-state index < -0.39 is 5.97 Å². The lowest BCUT2D eigenvalue weighted by Gasteiger charge is -2.05. The van der Waals surface area contributed by atoms with Gasteiger partial charge in [-0.15, -0.1) is 16.4 Å². The maximum atomic E-state index is 11.3. The first-order valence-corrected chi connectivity index (χ1v) is 7.21. The SMILES string of the molecule is Cn1ccnc1CCn1nnc(C(=O)O)c1-c1cccs1. The molecule has 0 unspecified atom stereocenters. The van der Waals surface area contributed by atoms with Crippen LogP contribution in [0.1, 0.15) is 16.3 Å². The molecule has 0 aliphatic heterocycles. The predicted molar refractivity (Wildman–Crippen MR) is 77.2 cm³/mol. The summed E-state index contributed by atoms with van der Waals surface area (Å²) in [5.41, 5.74) is 0.531. The van der Waals surface area contributed by atoms with Gasteiger partial charge in [-0.3, -0.25) is 0 Å². The van der Waals surface area contributed by atoms with Crippen molar-refractivity contribution in [3.05, 3.63) is 41.4 Å². The standard InChI is InChI=1S/C13H13N5O2S/c1-17-7-5-14-10(17)4-6-18-12(9-3-2-8-21-9)11(13(19)20)15-16-18/h2-3,5,7-8H,4,6H2,1H3,(H,19,20). The van der Waals surface area contributed by atoms with Gasteiger partial charge in [0, 0.05) is 25.9 Å². The van der Waals surface area contributed by atoms with Gasteiger partial charge in [0.2, 0.25) is 0 Å². The zero-order valence-corrected chi connectivity index (χ0v) is 12.1. The summed E-state index contributed by atoms with van der Waals surface area (Å²) < 4.78 is 3.56. The Hall–Kier alpha value is -2.48. The van der Waals surface area contributed by atoms with Gasteiger partial charge in [-0.25, -0.2) is 14.5 Å². The van der Waals surface area contributed by atoms with Crippen molar-refractivity contribution in [2.75, 3.05) is 0 Å². The van der Waals surface area contributed by atoms with Crippen LogP contribution in [-0.2, 0) is 20.0 Å². The van der Waals surface area contributed by atoms with Crippen molar-refractivity contribution in [2.24, 2.45) is 7.05 Å². The van der Waals surface area contributed by atoms with Crippen molar-refractivity contribution < 1.29 is 9.90 Å². The van der Waals surface area contributed by atoms with Crippen molar-refractivity contribution >= 4 is 17.3 Å². The fraction of sp³-hybridized carbons (Fsp3) is 0.231. The lowest BCUT2D eigenvalue weighted by atomic mass is 10.2. The second kappa shape index (κ2) is 5.49. The molecular formula is C13H13N5O2S. The minimum Gasteiger partial charge on any atom is -0.476 e. The maximum absolute atomic E-state index is 11.3.